The fourth-order valence-electron chi connectivity index (χ4n) is 6.08. The van der Waals surface area contributed by atoms with E-state index < -0.39 is 0 Å². The maximum absolute atomic E-state index is 12.1. The van der Waals surface area contributed by atoms with E-state index in [-0.39, 0.29) is 23.6 Å². The Kier molecular flexibility index (Phi) is 7.73. The van der Waals surface area contributed by atoms with Gasteiger partial charge in [0.05, 0.1) is 18.2 Å². The molecule has 1 saturated carbocycles. The zero-order valence-corrected chi connectivity index (χ0v) is 24.4. The summed E-state index contributed by atoms with van der Waals surface area (Å²) < 4.78 is 7.50. The number of halogens is 1. The van der Waals surface area contributed by atoms with Crippen LogP contribution in [-0.4, -0.2) is 62.9 Å². The molecule has 0 amide bonds. The van der Waals surface area contributed by atoms with E-state index in [1.165, 1.54) is 12.0 Å². The summed E-state index contributed by atoms with van der Waals surface area (Å²) in [5, 5.41) is 11.1. The number of piperidine rings is 1. The molecule has 2 aromatic carbocycles. The molecule has 3 heterocycles. The van der Waals surface area contributed by atoms with Crippen molar-refractivity contribution in [2.45, 2.75) is 37.3 Å². The molecule has 1 aliphatic carbocycles. The molecule has 4 aromatic rings. The van der Waals surface area contributed by atoms with Crippen LogP contribution in [0.2, 0.25) is 0 Å². The summed E-state index contributed by atoms with van der Waals surface area (Å²) in [5.41, 5.74) is 5.23. The number of hydrogen-bond donors (Lipinski definition) is 0. The van der Waals surface area contributed by atoms with Gasteiger partial charge in [-0.3, -0.25) is 9.78 Å². The highest BCUT2D eigenvalue weighted by Crippen LogP contribution is 2.59. The van der Waals surface area contributed by atoms with Crippen LogP contribution < -0.4 is 4.74 Å². The molecule has 0 spiro atoms. The molecule has 2 fully saturated rings. The van der Waals surface area contributed by atoms with Crippen molar-refractivity contribution in [1.29, 1.82) is 0 Å². The third-order valence-corrected chi connectivity index (χ3v) is 9.27. The highest BCUT2D eigenvalue weighted by molar-refractivity contribution is 7.99. The smallest absolute Gasteiger partial charge is 0.191 e. The molecule has 6 rings (SSSR count). The lowest BCUT2D eigenvalue weighted by atomic mass is 9.92. The van der Waals surface area contributed by atoms with Crippen LogP contribution in [0, 0.1) is 12.8 Å². The molecule has 0 N–H and O–H groups in total. The minimum absolute atomic E-state index is 0. The van der Waals surface area contributed by atoms with E-state index >= 15 is 0 Å². The standard InChI is InChI=1S/C30H33N5O2S.ClH/c1-19-9-11-23-24(7-5-8-26(23)31-19)28-32-33-29(34(28)3)38-14-6-13-35-17-22-16-30(22,18-35)21-10-12-27(37-4)25(15-21)20(2)36;/h5,7-12,15,22H,6,13-14,16-18H2,1-4H3;1H/t22-,30?;/m1./s1. The first kappa shape index (κ1) is 27.6. The first-order valence-electron chi connectivity index (χ1n) is 13.2. The third kappa shape index (κ3) is 5.06. The quantitative estimate of drug-likeness (QED) is 0.146. The highest BCUT2D eigenvalue weighted by atomic mass is 35.5. The number of carbonyl (C=O) groups is 1. The Morgan fingerprint density at radius 3 is 2.82 bits per heavy atom. The van der Waals surface area contributed by atoms with E-state index in [1.807, 2.05) is 38.2 Å². The summed E-state index contributed by atoms with van der Waals surface area (Å²) in [5.74, 6) is 3.27. The Balaban J connectivity index is 0.00000308. The second-order valence-electron chi connectivity index (χ2n) is 10.7. The lowest BCUT2D eigenvalue weighted by Crippen LogP contribution is -2.28. The van der Waals surface area contributed by atoms with Crippen molar-refractivity contribution in [2.24, 2.45) is 13.0 Å². The minimum atomic E-state index is 0. The lowest BCUT2D eigenvalue weighted by molar-refractivity contribution is 0.101. The monoisotopic (exact) mass is 563 g/mol. The SMILES string of the molecule is COc1ccc(C23C[C@@H]2CN(CCCSc2nnc(-c4cccc5nc(C)ccc45)n2C)C3)cc1C(C)=O.Cl. The molecule has 2 atom stereocenters. The van der Waals surface area contributed by atoms with Gasteiger partial charge in [0.2, 0.25) is 0 Å². The van der Waals surface area contributed by atoms with E-state index in [0.717, 1.165) is 64.9 Å². The largest absolute Gasteiger partial charge is 0.496 e. The summed E-state index contributed by atoms with van der Waals surface area (Å²) in [4.78, 5) is 19.4. The molecule has 9 heteroatoms. The number of ether oxygens (including phenoxy) is 1. The van der Waals surface area contributed by atoms with Crippen molar-refractivity contribution < 1.29 is 9.53 Å². The number of rotatable bonds is 9. The molecule has 1 unspecified atom stereocenters. The maximum atomic E-state index is 12.1. The number of methoxy groups -OCH3 is 1. The number of fused-ring (bicyclic) bond motifs is 2. The fraction of sp³-hybridized carbons (Fsp3) is 0.400. The number of ketones is 1. The normalized spacial score (nSPS) is 20.1. The number of thioether (sulfide) groups is 1. The zero-order chi connectivity index (χ0) is 26.4. The van der Waals surface area contributed by atoms with Gasteiger partial charge in [-0.1, -0.05) is 36.0 Å². The van der Waals surface area contributed by atoms with Gasteiger partial charge < -0.3 is 14.2 Å². The van der Waals surface area contributed by atoms with Gasteiger partial charge in [-0.25, -0.2) is 0 Å². The Labute approximate surface area is 239 Å². The van der Waals surface area contributed by atoms with Crippen LogP contribution in [-0.2, 0) is 12.5 Å². The Bertz CT molecular complexity index is 1540. The summed E-state index contributed by atoms with van der Waals surface area (Å²) in [6.45, 7) is 6.89. The fourth-order valence-corrected chi connectivity index (χ4v) is 6.91. The number of nitrogens with zero attached hydrogens (tertiary/aromatic N) is 5. The van der Waals surface area contributed by atoms with Crippen LogP contribution in [0.15, 0.2) is 53.7 Å². The van der Waals surface area contributed by atoms with Crippen molar-refractivity contribution in [1.82, 2.24) is 24.6 Å². The first-order chi connectivity index (χ1) is 18.4. The number of benzene rings is 2. The van der Waals surface area contributed by atoms with Crippen LogP contribution >= 0.6 is 24.2 Å². The first-order valence-corrected chi connectivity index (χ1v) is 14.2. The number of pyridine rings is 1. The van der Waals surface area contributed by atoms with Crippen LogP contribution in [0.1, 0.15) is 41.4 Å². The van der Waals surface area contributed by atoms with E-state index in [1.54, 1.807) is 25.8 Å². The molecule has 39 heavy (non-hydrogen) atoms. The molecule has 1 aliphatic heterocycles. The summed E-state index contributed by atoms with van der Waals surface area (Å²) >= 11 is 1.77. The van der Waals surface area contributed by atoms with Gasteiger partial charge in [-0.05, 0) is 69.0 Å². The van der Waals surface area contributed by atoms with Crippen LogP contribution in [0.4, 0.5) is 0 Å². The predicted molar refractivity (Wildman–Crippen MR) is 158 cm³/mol. The van der Waals surface area contributed by atoms with Crippen molar-refractivity contribution in [2.75, 3.05) is 32.5 Å². The summed E-state index contributed by atoms with van der Waals surface area (Å²) in [7, 11) is 3.67. The second-order valence-corrected chi connectivity index (χ2v) is 11.7. The molecule has 2 aliphatic rings. The van der Waals surface area contributed by atoms with Gasteiger partial charge in [0, 0.05) is 47.9 Å². The van der Waals surface area contributed by atoms with Gasteiger partial charge in [-0.2, -0.15) is 0 Å². The zero-order valence-electron chi connectivity index (χ0n) is 22.8. The van der Waals surface area contributed by atoms with Gasteiger partial charge in [0.25, 0.3) is 0 Å². The number of aryl methyl sites for hydroxylation is 1. The van der Waals surface area contributed by atoms with Gasteiger partial charge in [0.1, 0.15) is 5.75 Å². The van der Waals surface area contributed by atoms with E-state index in [9.17, 15) is 4.79 Å². The van der Waals surface area contributed by atoms with Gasteiger partial charge in [-0.15, -0.1) is 22.6 Å². The molecule has 7 nitrogen and oxygen atoms in total. The molecule has 0 radical (unpaired) electrons. The van der Waals surface area contributed by atoms with Gasteiger partial charge in [0.15, 0.2) is 16.8 Å². The molecular formula is C30H34ClN5O2S. The minimum Gasteiger partial charge on any atom is -0.496 e. The number of hydrogen-bond acceptors (Lipinski definition) is 7. The highest BCUT2D eigenvalue weighted by Gasteiger charge is 2.60. The Hall–Kier alpha value is -2.94. The molecule has 204 valence electrons. The summed E-state index contributed by atoms with van der Waals surface area (Å²) in [6, 6.07) is 16.5. The van der Waals surface area contributed by atoms with Crippen molar-refractivity contribution >= 4 is 40.9 Å². The van der Waals surface area contributed by atoms with Crippen molar-refractivity contribution in [3.63, 3.8) is 0 Å². The molecular weight excluding hydrogens is 530 g/mol. The second kappa shape index (κ2) is 10.9. The van der Waals surface area contributed by atoms with Crippen LogP contribution in [0.5, 0.6) is 5.75 Å². The summed E-state index contributed by atoms with van der Waals surface area (Å²) in [6.07, 6.45) is 2.31. The number of likely N-dealkylation sites (tertiary alicyclic amines) is 1. The van der Waals surface area contributed by atoms with Crippen molar-refractivity contribution in [3.05, 3.63) is 65.4 Å². The maximum Gasteiger partial charge on any atom is 0.191 e. The van der Waals surface area contributed by atoms with Crippen molar-refractivity contribution in [3.8, 4) is 17.1 Å². The Morgan fingerprint density at radius 1 is 1.18 bits per heavy atom. The third-order valence-electron chi connectivity index (χ3n) is 8.17. The molecule has 1 saturated heterocycles. The molecule has 0 bridgehead atoms. The predicted octanol–water partition coefficient (Wildman–Crippen LogP) is 5.73. The molecule has 2 aromatic heterocycles. The van der Waals surface area contributed by atoms with Crippen LogP contribution in [0.3, 0.4) is 0 Å². The van der Waals surface area contributed by atoms with E-state index in [4.69, 9.17) is 4.74 Å². The van der Waals surface area contributed by atoms with Crippen LogP contribution in [0.25, 0.3) is 22.3 Å². The average Bonchev–Trinajstić information content (AvgIpc) is 3.29. The topological polar surface area (TPSA) is 73.1 Å². The number of Topliss-reactive ketones (excluding diaryl/α,β-unsaturated/α-hetero) is 1. The Morgan fingerprint density at radius 2 is 2.03 bits per heavy atom. The van der Waals surface area contributed by atoms with E-state index in [2.05, 4.69) is 48.9 Å². The number of aromatic nitrogens is 4. The van der Waals surface area contributed by atoms with Gasteiger partial charge >= 0.3 is 0 Å². The lowest BCUT2D eigenvalue weighted by Gasteiger charge is -2.21. The average molecular weight is 564 g/mol. The van der Waals surface area contributed by atoms with E-state index in [0.29, 0.717) is 17.2 Å². The number of carbonyl (C=O) groups excluding carboxylic acids is 1.